The molecule has 246 valence electrons. The van der Waals surface area contributed by atoms with Crippen LogP contribution in [0.5, 0.6) is 0 Å². The van der Waals surface area contributed by atoms with Crippen molar-refractivity contribution in [3.8, 4) is 6.07 Å². The average Bonchev–Trinajstić information content (AvgIpc) is 3.32. The van der Waals surface area contributed by atoms with Crippen molar-refractivity contribution in [2.75, 3.05) is 13.7 Å². The van der Waals surface area contributed by atoms with Crippen LogP contribution in [0.3, 0.4) is 0 Å². The van der Waals surface area contributed by atoms with Gasteiger partial charge in [-0.05, 0) is 81.5 Å². The highest BCUT2D eigenvalue weighted by atomic mass is 16.5. The molecule has 45 heavy (non-hydrogen) atoms. The number of aromatic nitrogens is 1. The van der Waals surface area contributed by atoms with Crippen LogP contribution >= 0.6 is 0 Å². The zero-order valence-corrected chi connectivity index (χ0v) is 27.5. The van der Waals surface area contributed by atoms with Gasteiger partial charge >= 0.3 is 18.1 Å². The molecule has 0 spiro atoms. The number of hydrogen-bond donors (Lipinski definition) is 4. The number of carbonyl (C=O) groups is 4. The zero-order chi connectivity index (χ0) is 33.5. The Hall–Kier alpha value is -4.11. The quantitative estimate of drug-likeness (QED) is 0.286. The summed E-state index contributed by atoms with van der Waals surface area (Å²) in [5, 5.41) is 28.9. The van der Waals surface area contributed by atoms with Crippen LogP contribution in [0.2, 0.25) is 0 Å². The van der Waals surface area contributed by atoms with Crippen molar-refractivity contribution in [1.29, 1.82) is 5.26 Å². The first kappa shape index (κ1) is 35.4. The minimum atomic E-state index is -1.01. The number of amides is 3. The van der Waals surface area contributed by atoms with Gasteiger partial charge in [0.25, 0.3) is 0 Å². The lowest BCUT2D eigenvalue weighted by molar-refractivity contribution is -0.139. The van der Waals surface area contributed by atoms with Gasteiger partial charge in [-0.3, -0.25) is 14.2 Å². The first-order valence-electron chi connectivity index (χ1n) is 15.7. The van der Waals surface area contributed by atoms with Crippen LogP contribution in [-0.2, 0) is 20.7 Å². The molecule has 4 N–H and O–H groups in total. The molecule has 2 heterocycles. The Morgan fingerprint density at radius 1 is 1.11 bits per heavy atom. The highest BCUT2D eigenvalue weighted by Crippen LogP contribution is 2.26. The van der Waals surface area contributed by atoms with E-state index in [0.29, 0.717) is 34.9 Å². The predicted molar refractivity (Wildman–Crippen MR) is 171 cm³/mol. The van der Waals surface area contributed by atoms with Gasteiger partial charge < -0.3 is 30.7 Å². The molecule has 0 bridgehead atoms. The van der Waals surface area contributed by atoms with E-state index in [1.807, 2.05) is 39.5 Å². The van der Waals surface area contributed by atoms with Gasteiger partial charge in [0.2, 0.25) is 5.91 Å². The van der Waals surface area contributed by atoms with Crippen LogP contribution in [0.25, 0.3) is 10.9 Å². The van der Waals surface area contributed by atoms with Crippen molar-refractivity contribution in [2.45, 2.75) is 110 Å². The molecule has 1 aliphatic rings. The zero-order valence-electron chi connectivity index (χ0n) is 27.5. The van der Waals surface area contributed by atoms with Gasteiger partial charge in [0.1, 0.15) is 12.1 Å². The summed E-state index contributed by atoms with van der Waals surface area (Å²) in [5.41, 5.74) is 1.31. The van der Waals surface area contributed by atoms with Gasteiger partial charge in [-0.2, -0.15) is 5.26 Å². The van der Waals surface area contributed by atoms with E-state index in [0.717, 1.165) is 19.3 Å². The molecule has 0 aliphatic carbocycles. The summed E-state index contributed by atoms with van der Waals surface area (Å²) in [7, 11) is 1.27. The Kier molecular flexibility index (Phi) is 12.0. The van der Waals surface area contributed by atoms with E-state index in [4.69, 9.17) is 4.74 Å². The smallest absolute Gasteiger partial charge is 0.418 e. The normalized spacial score (nSPS) is 18.8. The molecule has 12 heteroatoms. The topological polar surface area (TPSA) is 166 Å². The maximum atomic E-state index is 14.0. The highest BCUT2D eigenvalue weighted by Gasteiger charge is 2.34. The fraction of sp³-hybridized carbons (Fsp3) is 0.606. The van der Waals surface area contributed by atoms with E-state index >= 15 is 0 Å². The summed E-state index contributed by atoms with van der Waals surface area (Å²) in [6.45, 7) is 11.9. The van der Waals surface area contributed by atoms with Crippen LogP contribution in [-0.4, -0.2) is 82.4 Å². The molecule has 0 saturated carbocycles. The minimum absolute atomic E-state index is 0.0523. The fourth-order valence-electron chi connectivity index (χ4n) is 6.08. The van der Waals surface area contributed by atoms with E-state index in [-0.39, 0.29) is 42.4 Å². The second-order valence-electron chi connectivity index (χ2n) is 13.3. The van der Waals surface area contributed by atoms with Gasteiger partial charge in [-0.15, -0.1) is 0 Å². The van der Waals surface area contributed by atoms with E-state index in [1.54, 1.807) is 31.3 Å². The largest absolute Gasteiger partial charge is 0.480 e. The number of carboxylic acid groups (broad SMARTS) is 1. The first-order valence-corrected chi connectivity index (χ1v) is 15.7. The summed E-state index contributed by atoms with van der Waals surface area (Å²) in [6, 6.07) is 4.58. The number of hydrogen-bond acceptors (Lipinski definition) is 7. The number of aliphatic carboxylic acids is 1. The van der Waals surface area contributed by atoms with Gasteiger partial charge in [-0.1, -0.05) is 27.7 Å². The number of likely N-dealkylation sites (tertiary alicyclic amines) is 1. The van der Waals surface area contributed by atoms with Gasteiger partial charge in [0.15, 0.2) is 0 Å². The van der Waals surface area contributed by atoms with E-state index in [2.05, 4.69) is 22.0 Å². The third kappa shape index (κ3) is 9.20. The lowest BCUT2D eigenvalue weighted by Crippen LogP contribution is -2.59. The van der Waals surface area contributed by atoms with Gasteiger partial charge in [-0.25, -0.2) is 9.59 Å². The summed E-state index contributed by atoms with van der Waals surface area (Å²) in [4.78, 5) is 53.6. The summed E-state index contributed by atoms with van der Waals surface area (Å²) in [6.07, 6.45) is 4.76. The van der Waals surface area contributed by atoms with Crippen LogP contribution in [0.15, 0.2) is 24.4 Å². The van der Waals surface area contributed by atoms with Crippen molar-refractivity contribution in [2.24, 2.45) is 5.41 Å². The molecule has 1 aliphatic heterocycles. The number of nitrogens with zero attached hydrogens (tertiary/aromatic N) is 3. The maximum absolute atomic E-state index is 14.0. The standard InChI is InChI=1S/C33H48N6O6/c1-8-26(30(41)42)35-18-24(15-23-19-38(32(44)45-7)28-13-12-22(17-34)14-25(23)28)36-29(40)27(16-33(4,5)6)37-31(43)39-20(2)10-9-11-21(39)3/h12-14,19-21,24,26-27,35H,8-11,15-16,18H2,1-7H3,(H,36,40)(H,37,43)(H,41,42)/t20-,21+,24-,26-,27+/m1/s1. The molecular formula is C33H48N6O6. The second kappa shape index (κ2) is 15.3. The molecule has 0 unspecified atom stereocenters. The number of carbonyl (C=O) groups excluding carboxylic acids is 3. The number of nitrogens with one attached hydrogen (secondary N) is 3. The molecule has 5 atom stereocenters. The monoisotopic (exact) mass is 624 g/mol. The number of rotatable bonds is 11. The molecule has 12 nitrogen and oxygen atoms in total. The van der Waals surface area contributed by atoms with E-state index in [1.165, 1.54) is 11.7 Å². The van der Waals surface area contributed by atoms with Crippen LogP contribution in [0.1, 0.15) is 84.8 Å². The van der Waals surface area contributed by atoms with Gasteiger partial charge in [0.05, 0.1) is 24.3 Å². The lowest BCUT2D eigenvalue weighted by atomic mass is 9.87. The number of ether oxygens (including phenoxy) is 1. The number of carboxylic acids is 1. The van der Waals surface area contributed by atoms with Crippen LogP contribution in [0.4, 0.5) is 9.59 Å². The molecule has 1 saturated heterocycles. The lowest BCUT2D eigenvalue weighted by Gasteiger charge is -2.40. The Morgan fingerprint density at radius 2 is 1.78 bits per heavy atom. The van der Waals surface area contributed by atoms with Crippen molar-refractivity contribution >= 4 is 34.9 Å². The second-order valence-corrected chi connectivity index (χ2v) is 13.3. The predicted octanol–water partition coefficient (Wildman–Crippen LogP) is 4.38. The minimum Gasteiger partial charge on any atom is -0.480 e. The van der Waals surface area contributed by atoms with Crippen molar-refractivity contribution in [3.05, 3.63) is 35.5 Å². The number of benzene rings is 1. The first-order chi connectivity index (χ1) is 21.2. The maximum Gasteiger partial charge on any atom is 0.418 e. The highest BCUT2D eigenvalue weighted by molar-refractivity contribution is 5.93. The van der Waals surface area contributed by atoms with Crippen LogP contribution < -0.4 is 16.0 Å². The van der Waals surface area contributed by atoms with Crippen molar-refractivity contribution in [3.63, 3.8) is 0 Å². The summed E-state index contributed by atoms with van der Waals surface area (Å²) >= 11 is 0. The fourth-order valence-corrected chi connectivity index (χ4v) is 6.08. The molecule has 1 aromatic heterocycles. The third-order valence-corrected chi connectivity index (χ3v) is 8.38. The average molecular weight is 625 g/mol. The number of fused-ring (bicyclic) bond motifs is 1. The third-order valence-electron chi connectivity index (χ3n) is 8.38. The molecule has 1 aromatic carbocycles. The molecule has 2 aromatic rings. The number of nitriles is 1. The number of urea groups is 1. The summed E-state index contributed by atoms with van der Waals surface area (Å²) in [5.74, 6) is -1.40. The Bertz CT molecular complexity index is 1410. The summed E-state index contributed by atoms with van der Waals surface area (Å²) < 4.78 is 6.29. The molecule has 0 radical (unpaired) electrons. The van der Waals surface area contributed by atoms with E-state index < -0.39 is 30.2 Å². The molecule has 3 amide bonds. The Morgan fingerprint density at radius 3 is 2.33 bits per heavy atom. The molecule has 1 fully saturated rings. The van der Waals surface area contributed by atoms with Gasteiger partial charge in [0, 0.05) is 36.3 Å². The Labute approximate surface area is 265 Å². The van der Waals surface area contributed by atoms with Crippen molar-refractivity contribution < 1.29 is 29.0 Å². The van der Waals surface area contributed by atoms with Crippen LogP contribution in [0, 0.1) is 16.7 Å². The van der Waals surface area contributed by atoms with E-state index in [9.17, 15) is 29.5 Å². The molecular weight excluding hydrogens is 576 g/mol. The van der Waals surface area contributed by atoms with Crippen molar-refractivity contribution in [1.82, 2.24) is 25.4 Å². The number of methoxy groups -OCH3 is 1. The number of piperidine rings is 1. The SMILES string of the molecule is CC[C@@H](NC[C@@H](Cc1cn(C(=O)OC)c2ccc(C#N)cc12)NC(=O)[C@H](CC(C)(C)C)NC(=O)N1[C@H](C)CCC[C@@H]1C)C(=O)O. The molecule has 3 rings (SSSR count). The Balaban J connectivity index is 1.95.